The summed E-state index contributed by atoms with van der Waals surface area (Å²) in [7, 11) is 0. The zero-order chi connectivity index (χ0) is 46.8. The van der Waals surface area contributed by atoms with Crippen molar-refractivity contribution in [3.8, 4) is 17.3 Å². The molecule has 4 heterocycles. The van der Waals surface area contributed by atoms with Crippen LogP contribution in [0, 0.1) is 13.8 Å². The van der Waals surface area contributed by atoms with Crippen molar-refractivity contribution in [1.82, 2.24) is 14.1 Å². The molecule has 0 aliphatic carbocycles. The number of rotatable bonds is 5. The molecule has 0 amide bonds. The highest BCUT2D eigenvalue weighted by Crippen LogP contribution is 2.45. The van der Waals surface area contributed by atoms with E-state index in [1.807, 2.05) is 38.1 Å². The van der Waals surface area contributed by atoms with E-state index in [9.17, 15) is 0 Å². The van der Waals surface area contributed by atoms with Crippen LogP contribution in [0.1, 0.15) is 69.6 Å². The Morgan fingerprint density at radius 1 is 0.645 bits per heavy atom. The van der Waals surface area contributed by atoms with Gasteiger partial charge in [0.2, 0.25) is 0 Å². The molecular formula is C57H50N4O. The zero-order valence-corrected chi connectivity index (χ0v) is 36.1. The predicted molar refractivity (Wildman–Crippen MR) is 262 cm³/mol. The minimum absolute atomic E-state index is 0.123. The minimum atomic E-state index is -0.930. The number of aromatic nitrogens is 3. The molecular weight excluding hydrogens is 757 g/mol. The number of anilines is 2. The molecule has 0 N–H and O–H groups in total. The molecule has 1 aliphatic heterocycles. The molecule has 0 bridgehead atoms. The maximum absolute atomic E-state index is 9.09. The van der Waals surface area contributed by atoms with Crippen LogP contribution in [0.5, 0.6) is 11.5 Å². The zero-order valence-electron chi connectivity index (χ0n) is 41.1. The first-order valence-electron chi connectivity index (χ1n) is 23.8. The highest BCUT2D eigenvalue weighted by molar-refractivity contribution is 6.21. The summed E-state index contributed by atoms with van der Waals surface area (Å²) >= 11 is 0. The number of pyridine rings is 1. The van der Waals surface area contributed by atoms with Crippen LogP contribution in [-0.2, 0) is 12.1 Å². The predicted octanol–water partition coefficient (Wildman–Crippen LogP) is 15.7. The van der Waals surface area contributed by atoms with Crippen molar-refractivity contribution in [2.45, 2.75) is 66.4 Å². The summed E-state index contributed by atoms with van der Waals surface area (Å²) in [5.74, 6) is 0.699. The quantitative estimate of drug-likeness (QED) is 0.174. The van der Waals surface area contributed by atoms with Crippen molar-refractivity contribution in [2.75, 3.05) is 4.90 Å². The molecule has 0 radical (unpaired) electrons. The average Bonchev–Trinajstić information content (AvgIpc) is 3.87. The van der Waals surface area contributed by atoms with Gasteiger partial charge in [-0.25, -0.2) is 4.98 Å². The summed E-state index contributed by atoms with van der Waals surface area (Å²) in [4.78, 5) is 7.11. The van der Waals surface area contributed by atoms with Crippen molar-refractivity contribution < 1.29 is 11.6 Å². The number of hydrogen-bond acceptors (Lipinski definition) is 3. The first kappa shape index (κ1) is 32.6. The molecule has 0 saturated carbocycles. The number of nitrogens with zero attached hydrogens (tertiary/aromatic N) is 4. The average molecular weight is 812 g/mol. The maximum Gasteiger partial charge on any atom is 0.137 e. The van der Waals surface area contributed by atoms with Gasteiger partial charge in [0.25, 0.3) is 0 Å². The van der Waals surface area contributed by atoms with Gasteiger partial charge in [0.1, 0.15) is 24.0 Å². The second kappa shape index (κ2) is 14.2. The molecule has 0 spiro atoms. The molecule has 0 atom stereocenters. The van der Waals surface area contributed by atoms with Crippen molar-refractivity contribution in [3.05, 3.63) is 180 Å². The Morgan fingerprint density at radius 3 is 2.18 bits per heavy atom. The third-order valence-corrected chi connectivity index (χ3v) is 12.6. The lowest BCUT2D eigenvalue weighted by Gasteiger charge is -2.26. The van der Waals surface area contributed by atoms with Gasteiger partial charge in [0.05, 0.1) is 33.2 Å². The molecule has 304 valence electrons. The first-order chi connectivity index (χ1) is 32.0. The lowest BCUT2D eigenvalue weighted by Crippen LogP contribution is -2.17. The van der Waals surface area contributed by atoms with Gasteiger partial charge in [-0.2, -0.15) is 0 Å². The van der Waals surface area contributed by atoms with Gasteiger partial charge >= 0.3 is 0 Å². The lowest BCUT2D eigenvalue weighted by molar-refractivity contribution is 0.479. The highest BCUT2D eigenvalue weighted by atomic mass is 16.5. The van der Waals surface area contributed by atoms with E-state index in [0.717, 1.165) is 28.0 Å². The molecule has 10 aromatic rings. The summed E-state index contributed by atoms with van der Waals surface area (Å²) in [6, 6.07) is 43.7. The molecule has 0 unspecified atom stereocenters. The molecule has 3 aromatic heterocycles. The van der Waals surface area contributed by atoms with E-state index in [-0.39, 0.29) is 29.6 Å². The van der Waals surface area contributed by atoms with Crippen molar-refractivity contribution in [1.29, 1.82) is 0 Å². The number of ether oxygens (including phenoxy) is 1. The van der Waals surface area contributed by atoms with Crippen LogP contribution >= 0.6 is 0 Å². The summed E-state index contributed by atoms with van der Waals surface area (Å²) in [5, 5.41) is 8.20. The van der Waals surface area contributed by atoms with Crippen LogP contribution in [0.25, 0.3) is 71.0 Å². The number of hydrogen-bond donors (Lipinski definition) is 0. The number of fused-ring (bicyclic) bond motifs is 10. The summed E-state index contributed by atoms with van der Waals surface area (Å²) in [6.45, 7) is 15.2. The van der Waals surface area contributed by atoms with E-state index in [4.69, 9.17) is 16.6 Å². The Bertz CT molecular complexity index is 3820. The Morgan fingerprint density at radius 2 is 1.37 bits per heavy atom. The normalized spacial score (nSPS) is 14.1. The molecule has 62 heavy (non-hydrogen) atoms. The third kappa shape index (κ3) is 6.09. The van der Waals surface area contributed by atoms with E-state index >= 15 is 0 Å². The fourth-order valence-corrected chi connectivity index (χ4v) is 9.46. The van der Waals surface area contributed by atoms with Gasteiger partial charge in [0, 0.05) is 46.9 Å². The van der Waals surface area contributed by atoms with Crippen molar-refractivity contribution >= 4 is 76.5 Å². The van der Waals surface area contributed by atoms with E-state index in [1.54, 1.807) is 16.8 Å². The largest absolute Gasteiger partial charge is 0.457 e. The Kier molecular flexibility index (Phi) is 7.50. The maximum atomic E-state index is 9.09. The van der Waals surface area contributed by atoms with Crippen LogP contribution < -0.4 is 9.64 Å². The van der Waals surface area contributed by atoms with Gasteiger partial charge in [0.15, 0.2) is 0 Å². The molecule has 5 nitrogen and oxygen atoms in total. The fraction of sp³-hybridized carbons (Fsp3) is 0.175. The highest BCUT2D eigenvalue weighted by Gasteiger charge is 2.27. The lowest BCUT2D eigenvalue weighted by atomic mass is 9.86. The van der Waals surface area contributed by atoms with Crippen LogP contribution in [0.4, 0.5) is 11.4 Å². The third-order valence-electron chi connectivity index (χ3n) is 12.6. The van der Waals surface area contributed by atoms with Crippen LogP contribution in [-0.4, -0.2) is 14.1 Å². The second-order valence-electron chi connectivity index (χ2n) is 17.9. The second-order valence-corrected chi connectivity index (χ2v) is 17.9. The van der Waals surface area contributed by atoms with Crippen molar-refractivity contribution in [2.24, 2.45) is 0 Å². The monoisotopic (exact) mass is 811 g/mol. The van der Waals surface area contributed by atoms with Gasteiger partial charge in [-0.1, -0.05) is 131 Å². The summed E-state index contributed by atoms with van der Waals surface area (Å²) in [5.41, 5.74) is 9.33. The number of benzene rings is 7. The fourth-order valence-electron chi connectivity index (χ4n) is 9.46. The number of aryl methyl sites for hydroxylation is 2. The van der Waals surface area contributed by atoms with Gasteiger partial charge in [-0.15, -0.1) is 0 Å². The van der Waals surface area contributed by atoms with Crippen LogP contribution in [0.3, 0.4) is 0 Å². The van der Waals surface area contributed by atoms with Gasteiger partial charge < -0.3 is 14.2 Å². The standard InChI is InChI=1S/C57H50N4O/c1-35(2)38-26-27-58-54(29-38)61-51-20-11-10-17-46(51)47-25-23-41(33-53(47)61)62-42-31-39(57(5,6)7)30-40(32-42)59-34-60-55-37(4)14-12-18-49(55)50-28-36(3)22-24-45(50)43-15-8-9-16-44(43)48-19-13-21-52(59)56(48)60/h8-33,35H,34H2,1-7H3/i10D,11D,17D,20D,35D. The first-order valence-corrected chi connectivity index (χ1v) is 21.3. The van der Waals surface area contributed by atoms with Gasteiger partial charge in [-0.05, 0) is 112 Å². The van der Waals surface area contributed by atoms with Crippen LogP contribution in [0.15, 0.2) is 158 Å². The molecule has 5 heteroatoms. The Balaban J connectivity index is 1.13. The topological polar surface area (TPSA) is 35.2 Å². The van der Waals surface area contributed by atoms with E-state index in [2.05, 4.69) is 141 Å². The number of para-hydroxylation sites is 3. The molecule has 1 aliphatic rings. The van der Waals surface area contributed by atoms with Crippen molar-refractivity contribution in [3.63, 3.8) is 0 Å². The molecule has 7 aromatic carbocycles. The van der Waals surface area contributed by atoms with Crippen LogP contribution in [0.2, 0.25) is 0 Å². The Labute approximate surface area is 369 Å². The molecule has 0 fully saturated rings. The molecule has 11 rings (SSSR count). The van der Waals surface area contributed by atoms with Gasteiger partial charge in [-0.3, -0.25) is 4.57 Å². The molecule has 0 saturated heterocycles. The van der Waals surface area contributed by atoms with E-state index in [0.29, 0.717) is 45.8 Å². The minimum Gasteiger partial charge on any atom is -0.457 e. The smallest absolute Gasteiger partial charge is 0.137 e. The Hall–Kier alpha value is -7.11. The van der Waals surface area contributed by atoms with E-state index in [1.165, 1.54) is 49.0 Å². The SMILES string of the molecule is [2H]c1c([2H])c([2H])c2c(c1[2H])c1ccc(Oc3cc(N4Cn5c6c(C)cccc6c6cc(C)ccc6c6ccccc6c6cccc4c65)cc(C(C)(C)C)c3)cc1n2-c1cc(C([2H])(C)C)ccn1. The summed E-state index contributed by atoms with van der Waals surface area (Å²) in [6.07, 6.45) is 1.65. The summed E-state index contributed by atoms with van der Waals surface area (Å²) < 4.78 is 55.3. The van der Waals surface area contributed by atoms with E-state index < -0.39 is 5.89 Å².